The van der Waals surface area contributed by atoms with Crippen molar-refractivity contribution in [2.75, 3.05) is 7.11 Å². The number of aromatic nitrogens is 2. The van der Waals surface area contributed by atoms with E-state index in [4.69, 9.17) is 9.26 Å². The lowest BCUT2D eigenvalue weighted by atomic mass is 9.96. The van der Waals surface area contributed by atoms with Crippen molar-refractivity contribution in [2.45, 2.75) is 43.3 Å². The molecular formula is C15H20N2O3S. The minimum absolute atomic E-state index is 0.191. The van der Waals surface area contributed by atoms with Crippen molar-refractivity contribution in [1.29, 1.82) is 0 Å². The molecule has 5 nitrogen and oxygen atoms in total. The summed E-state index contributed by atoms with van der Waals surface area (Å²) in [7, 11) is 0.344. The van der Waals surface area contributed by atoms with Crippen LogP contribution in [0, 0.1) is 0 Å². The third-order valence-corrected chi connectivity index (χ3v) is 4.65. The van der Waals surface area contributed by atoms with Gasteiger partial charge in [-0.2, -0.15) is 4.98 Å². The zero-order valence-electron chi connectivity index (χ0n) is 12.9. The van der Waals surface area contributed by atoms with Crippen LogP contribution in [0.2, 0.25) is 0 Å². The van der Waals surface area contributed by atoms with Crippen molar-refractivity contribution in [3.8, 4) is 5.75 Å². The maximum Gasteiger partial charge on any atom is 0.242 e. The third-order valence-electron chi connectivity index (χ3n) is 3.07. The molecule has 0 spiro atoms. The van der Waals surface area contributed by atoms with E-state index in [2.05, 4.69) is 10.1 Å². The lowest BCUT2D eigenvalue weighted by Gasteiger charge is -2.11. The minimum Gasteiger partial charge on any atom is -0.497 e. The standard InChI is InChI=1S/C15H20N2O3S/c1-10(13-16-14(17-20-13)15(2,3)4)21(18)12-8-6-11(19-5)7-9-12/h6-10H,1-5H3/t10-,21+/m1/s1. The van der Waals surface area contributed by atoms with Crippen LogP contribution in [-0.4, -0.2) is 21.5 Å². The highest BCUT2D eigenvalue weighted by Crippen LogP contribution is 2.27. The fraction of sp³-hybridized carbons (Fsp3) is 0.467. The number of hydrogen-bond acceptors (Lipinski definition) is 5. The molecule has 0 amide bonds. The van der Waals surface area contributed by atoms with E-state index in [0.717, 1.165) is 5.75 Å². The van der Waals surface area contributed by atoms with Gasteiger partial charge in [0.15, 0.2) is 5.82 Å². The Kier molecular flexibility index (Phi) is 4.46. The molecule has 21 heavy (non-hydrogen) atoms. The van der Waals surface area contributed by atoms with Gasteiger partial charge in [-0.3, -0.25) is 4.21 Å². The molecule has 0 aliphatic heterocycles. The van der Waals surface area contributed by atoms with Crippen molar-refractivity contribution in [2.24, 2.45) is 0 Å². The van der Waals surface area contributed by atoms with E-state index in [0.29, 0.717) is 16.6 Å². The van der Waals surface area contributed by atoms with Gasteiger partial charge in [-0.25, -0.2) is 0 Å². The van der Waals surface area contributed by atoms with Gasteiger partial charge < -0.3 is 9.26 Å². The molecule has 0 aliphatic carbocycles. The SMILES string of the molecule is COc1ccc([S@@](=O)[C@H](C)c2nc(C(C)(C)C)no2)cc1. The van der Waals surface area contributed by atoms with Crippen LogP contribution in [0.15, 0.2) is 33.7 Å². The average Bonchev–Trinajstić information content (AvgIpc) is 2.95. The molecule has 0 N–H and O–H groups in total. The summed E-state index contributed by atoms with van der Waals surface area (Å²) in [6.07, 6.45) is 0. The highest BCUT2D eigenvalue weighted by atomic mass is 32.2. The van der Waals surface area contributed by atoms with Gasteiger partial charge in [0.25, 0.3) is 0 Å². The molecule has 1 heterocycles. The number of ether oxygens (including phenoxy) is 1. The van der Waals surface area contributed by atoms with Crippen LogP contribution in [0.3, 0.4) is 0 Å². The molecule has 2 aromatic rings. The van der Waals surface area contributed by atoms with Crippen LogP contribution in [0.4, 0.5) is 0 Å². The van der Waals surface area contributed by atoms with Gasteiger partial charge in [-0.1, -0.05) is 25.9 Å². The number of rotatable bonds is 4. The Labute approximate surface area is 127 Å². The summed E-state index contributed by atoms with van der Waals surface area (Å²) in [6.45, 7) is 7.84. The van der Waals surface area contributed by atoms with E-state index in [9.17, 15) is 4.21 Å². The number of benzene rings is 1. The summed E-state index contributed by atoms with van der Waals surface area (Å²) in [6, 6.07) is 7.14. The molecule has 0 saturated heterocycles. The van der Waals surface area contributed by atoms with Crippen molar-refractivity contribution < 1.29 is 13.5 Å². The number of hydrogen-bond donors (Lipinski definition) is 0. The predicted octanol–water partition coefficient (Wildman–Crippen LogP) is 3.24. The van der Waals surface area contributed by atoms with E-state index >= 15 is 0 Å². The third kappa shape index (κ3) is 3.50. The first-order chi connectivity index (χ1) is 9.82. The quantitative estimate of drug-likeness (QED) is 0.867. The number of methoxy groups -OCH3 is 1. The molecule has 1 aromatic carbocycles. The van der Waals surface area contributed by atoms with Gasteiger partial charge in [-0.05, 0) is 31.2 Å². The Morgan fingerprint density at radius 3 is 2.33 bits per heavy atom. The lowest BCUT2D eigenvalue weighted by molar-refractivity contribution is 0.363. The number of nitrogens with zero attached hydrogens (tertiary/aromatic N) is 2. The highest BCUT2D eigenvalue weighted by molar-refractivity contribution is 7.85. The fourth-order valence-corrected chi connectivity index (χ4v) is 2.80. The van der Waals surface area contributed by atoms with E-state index in [1.54, 1.807) is 31.4 Å². The predicted molar refractivity (Wildman–Crippen MR) is 80.8 cm³/mol. The second kappa shape index (κ2) is 5.97. The molecule has 0 aliphatic rings. The second-order valence-electron chi connectivity index (χ2n) is 5.82. The molecule has 2 rings (SSSR count). The van der Waals surface area contributed by atoms with Crippen molar-refractivity contribution in [3.05, 3.63) is 36.0 Å². The highest BCUT2D eigenvalue weighted by Gasteiger charge is 2.26. The minimum atomic E-state index is -1.25. The van der Waals surface area contributed by atoms with E-state index in [1.807, 2.05) is 27.7 Å². The first kappa shape index (κ1) is 15.7. The van der Waals surface area contributed by atoms with E-state index in [-0.39, 0.29) is 10.7 Å². The smallest absolute Gasteiger partial charge is 0.242 e. The van der Waals surface area contributed by atoms with Crippen molar-refractivity contribution >= 4 is 10.8 Å². The largest absolute Gasteiger partial charge is 0.497 e. The molecule has 2 atom stereocenters. The normalized spacial score (nSPS) is 14.7. The fourth-order valence-electron chi connectivity index (χ4n) is 1.71. The molecule has 6 heteroatoms. The van der Waals surface area contributed by atoms with Crippen LogP contribution >= 0.6 is 0 Å². The van der Waals surface area contributed by atoms with Crippen LogP contribution in [0.25, 0.3) is 0 Å². The summed E-state index contributed by atoms with van der Waals surface area (Å²) in [5, 5.41) is 3.61. The van der Waals surface area contributed by atoms with Gasteiger partial charge in [0.2, 0.25) is 5.89 Å². The summed E-state index contributed by atoms with van der Waals surface area (Å²) in [5.41, 5.74) is -0.191. The first-order valence-electron chi connectivity index (χ1n) is 6.71. The lowest BCUT2D eigenvalue weighted by Crippen LogP contribution is -2.13. The Hall–Kier alpha value is -1.69. The van der Waals surface area contributed by atoms with Gasteiger partial charge in [0, 0.05) is 10.3 Å². The molecule has 0 radical (unpaired) electrons. The zero-order chi connectivity index (χ0) is 15.6. The molecule has 0 unspecified atom stereocenters. The van der Waals surface area contributed by atoms with Gasteiger partial charge in [0.05, 0.1) is 17.9 Å². The first-order valence-corrected chi connectivity index (χ1v) is 7.93. The Morgan fingerprint density at radius 1 is 1.24 bits per heavy atom. The van der Waals surface area contributed by atoms with Gasteiger partial charge in [0.1, 0.15) is 11.0 Å². The van der Waals surface area contributed by atoms with Crippen molar-refractivity contribution in [1.82, 2.24) is 10.1 Å². The molecule has 0 bridgehead atoms. The van der Waals surface area contributed by atoms with E-state index in [1.165, 1.54) is 0 Å². The van der Waals surface area contributed by atoms with Crippen molar-refractivity contribution in [3.63, 3.8) is 0 Å². The summed E-state index contributed by atoms with van der Waals surface area (Å²) in [5.74, 6) is 1.75. The molecule has 0 saturated carbocycles. The molecule has 0 fully saturated rings. The molecule has 114 valence electrons. The average molecular weight is 308 g/mol. The van der Waals surface area contributed by atoms with Crippen LogP contribution in [0.1, 0.15) is 44.7 Å². The monoisotopic (exact) mass is 308 g/mol. The Bertz CT molecular complexity index is 629. The maximum absolute atomic E-state index is 12.5. The summed E-state index contributed by atoms with van der Waals surface area (Å²) < 4.78 is 22.9. The van der Waals surface area contributed by atoms with Crippen LogP contribution < -0.4 is 4.74 Å². The van der Waals surface area contributed by atoms with E-state index < -0.39 is 10.8 Å². The molecular weight excluding hydrogens is 288 g/mol. The summed E-state index contributed by atoms with van der Waals surface area (Å²) in [4.78, 5) is 5.07. The molecule has 1 aromatic heterocycles. The summed E-state index contributed by atoms with van der Waals surface area (Å²) >= 11 is 0. The maximum atomic E-state index is 12.5. The van der Waals surface area contributed by atoms with Crippen LogP contribution in [-0.2, 0) is 16.2 Å². The Morgan fingerprint density at radius 2 is 1.86 bits per heavy atom. The van der Waals surface area contributed by atoms with Gasteiger partial charge in [-0.15, -0.1) is 0 Å². The second-order valence-corrected chi connectivity index (χ2v) is 7.59. The van der Waals surface area contributed by atoms with Gasteiger partial charge >= 0.3 is 0 Å². The topological polar surface area (TPSA) is 65.2 Å². The zero-order valence-corrected chi connectivity index (χ0v) is 13.7. The Balaban J connectivity index is 2.20. The van der Waals surface area contributed by atoms with Crippen LogP contribution in [0.5, 0.6) is 5.75 Å².